The van der Waals surface area contributed by atoms with Crippen LogP contribution in [0, 0.1) is 10.1 Å². The van der Waals surface area contributed by atoms with E-state index in [-0.39, 0.29) is 21.4 Å². The molecule has 0 bridgehead atoms. The highest BCUT2D eigenvalue weighted by atomic mass is 79.9. The van der Waals surface area contributed by atoms with Crippen molar-refractivity contribution in [1.82, 2.24) is 4.57 Å². The summed E-state index contributed by atoms with van der Waals surface area (Å²) in [6.45, 7) is 13.2. The highest BCUT2D eigenvalue weighted by Crippen LogP contribution is 2.39. The number of nitro benzene ring substituents is 1. The number of fused-ring (bicyclic) bond motifs is 3. The summed E-state index contributed by atoms with van der Waals surface area (Å²) in [5.74, 6) is 0. The van der Waals surface area contributed by atoms with Gasteiger partial charge in [-0.1, -0.05) is 69.6 Å². The van der Waals surface area contributed by atoms with E-state index in [2.05, 4.69) is 93.9 Å². The zero-order valence-corrected chi connectivity index (χ0v) is 20.4. The van der Waals surface area contributed by atoms with Crippen LogP contribution in [0.25, 0.3) is 27.5 Å². The number of nitro groups is 1. The Morgan fingerprint density at radius 3 is 1.68 bits per heavy atom. The van der Waals surface area contributed by atoms with E-state index < -0.39 is 0 Å². The summed E-state index contributed by atoms with van der Waals surface area (Å²) in [5, 5.41) is 14.1. The summed E-state index contributed by atoms with van der Waals surface area (Å²) in [7, 11) is 0. The van der Waals surface area contributed by atoms with Crippen LogP contribution in [0.5, 0.6) is 0 Å². The molecule has 0 aliphatic carbocycles. The Labute approximate surface area is 191 Å². The third-order valence-electron chi connectivity index (χ3n) is 5.87. The minimum atomic E-state index is -0.313. The van der Waals surface area contributed by atoms with Gasteiger partial charge < -0.3 is 4.57 Å². The Morgan fingerprint density at radius 1 is 0.774 bits per heavy atom. The minimum Gasteiger partial charge on any atom is -0.303 e. The summed E-state index contributed by atoms with van der Waals surface area (Å²) >= 11 is 3.50. The van der Waals surface area contributed by atoms with Gasteiger partial charge in [0.25, 0.3) is 5.69 Å². The molecule has 0 saturated heterocycles. The number of rotatable bonds is 2. The van der Waals surface area contributed by atoms with Gasteiger partial charge in [0.15, 0.2) is 0 Å². The van der Waals surface area contributed by atoms with Crippen LogP contribution in [0.15, 0.2) is 59.1 Å². The molecule has 5 heteroatoms. The molecule has 0 saturated carbocycles. The quantitative estimate of drug-likeness (QED) is 0.216. The van der Waals surface area contributed by atoms with Crippen molar-refractivity contribution < 1.29 is 4.92 Å². The van der Waals surface area contributed by atoms with Crippen LogP contribution in [0.2, 0.25) is 0 Å². The largest absolute Gasteiger partial charge is 0.303 e. The molecule has 31 heavy (non-hydrogen) atoms. The second-order valence-electron chi connectivity index (χ2n) is 10.2. The lowest BCUT2D eigenvalue weighted by Gasteiger charge is -2.19. The van der Waals surface area contributed by atoms with Crippen LogP contribution in [0.3, 0.4) is 0 Å². The first-order valence-corrected chi connectivity index (χ1v) is 11.2. The average Bonchev–Trinajstić information content (AvgIpc) is 2.99. The fourth-order valence-corrected chi connectivity index (χ4v) is 4.39. The van der Waals surface area contributed by atoms with Crippen molar-refractivity contribution in [1.29, 1.82) is 0 Å². The smallest absolute Gasteiger partial charge is 0.293 e. The molecule has 4 nitrogen and oxygen atoms in total. The van der Waals surface area contributed by atoms with Gasteiger partial charge in [-0.25, -0.2) is 0 Å². The molecule has 0 aliphatic rings. The van der Waals surface area contributed by atoms with E-state index in [1.807, 2.05) is 10.6 Å². The zero-order valence-electron chi connectivity index (χ0n) is 18.8. The maximum Gasteiger partial charge on any atom is 0.293 e. The van der Waals surface area contributed by atoms with E-state index in [0.29, 0.717) is 5.69 Å². The lowest BCUT2D eigenvalue weighted by atomic mass is 9.85. The predicted molar refractivity (Wildman–Crippen MR) is 133 cm³/mol. The molecule has 0 fully saturated rings. The van der Waals surface area contributed by atoms with Crippen LogP contribution < -0.4 is 0 Å². The molecule has 3 aromatic carbocycles. The molecule has 0 amide bonds. The topological polar surface area (TPSA) is 48.1 Å². The normalized spacial score (nSPS) is 12.6. The second-order valence-corrected chi connectivity index (χ2v) is 11.1. The first-order chi connectivity index (χ1) is 14.4. The molecule has 4 aromatic rings. The molecule has 4 rings (SSSR count). The molecular weight excluding hydrogens is 452 g/mol. The number of nitrogens with zero attached hydrogens (tertiary/aromatic N) is 2. The predicted octanol–water partition coefficient (Wildman–Crippen LogP) is 8.05. The number of aromatic nitrogens is 1. The number of hydrogen-bond acceptors (Lipinski definition) is 2. The zero-order chi connectivity index (χ0) is 22.7. The van der Waals surface area contributed by atoms with Crippen LogP contribution in [-0.2, 0) is 10.8 Å². The van der Waals surface area contributed by atoms with E-state index in [4.69, 9.17) is 0 Å². The molecule has 1 heterocycles. The summed E-state index contributed by atoms with van der Waals surface area (Å²) < 4.78 is 2.83. The number of benzene rings is 3. The molecule has 0 spiro atoms. The van der Waals surface area contributed by atoms with Crippen molar-refractivity contribution in [3.63, 3.8) is 0 Å². The standard InChI is InChI=1S/C26H27BrN2O2/c1-25(2,3)16-7-10-21-19(13-16)20-14-17(26(4,5)6)8-11-22(20)28(21)24-15-18(27)9-12-23(24)29(30)31/h7-15H,1-6H3. The monoisotopic (exact) mass is 478 g/mol. The molecule has 1 aromatic heterocycles. The second kappa shape index (κ2) is 7.20. The van der Waals surface area contributed by atoms with E-state index >= 15 is 0 Å². The fraction of sp³-hybridized carbons (Fsp3) is 0.308. The Morgan fingerprint density at radius 2 is 1.26 bits per heavy atom. The Bertz CT molecular complexity index is 1270. The summed E-state index contributed by atoms with van der Waals surface area (Å²) in [4.78, 5) is 11.5. The molecule has 160 valence electrons. The van der Waals surface area contributed by atoms with Crippen molar-refractivity contribution in [3.8, 4) is 5.69 Å². The van der Waals surface area contributed by atoms with Gasteiger partial charge >= 0.3 is 0 Å². The van der Waals surface area contributed by atoms with E-state index in [1.54, 1.807) is 12.1 Å². The van der Waals surface area contributed by atoms with Gasteiger partial charge in [-0.2, -0.15) is 0 Å². The molecule has 0 unspecified atom stereocenters. The first-order valence-electron chi connectivity index (χ1n) is 10.4. The molecule has 0 N–H and O–H groups in total. The molecule has 0 radical (unpaired) electrons. The lowest BCUT2D eigenvalue weighted by Crippen LogP contribution is -2.10. The Balaban J connectivity index is 2.18. The highest BCUT2D eigenvalue weighted by Gasteiger charge is 2.24. The van der Waals surface area contributed by atoms with Gasteiger partial charge in [0.2, 0.25) is 0 Å². The van der Waals surface area contributed by atoms with Crippen molar-refractivity contribution >= 4 is 43.4 Å². The summed E-state index contributed by atoms with van der Waals surface area (Å²) in [6.07, 6.45) is 0. The van der Waals surface area contributed by atoms with Gasteiger partial charge in [0.05, 0.1) is 16.0 Å². The number of halogens is 1. The van der Waals surface area contributed by atoms with Crippen molar-refractivity contribution in [2.45, 2.75) is 52.4 Å². The molecule has 0 atom stereocenters. The highest BCUT2D eigenvalue weighted by molar-refractivity contribution is 9.10. The van der Waals surface area contributed by atoms with E-state index in [9.17, 15) is 10.1 Å². The summed E-state index contributed by atoms with van der Waals surface area (Å²) in [5.41, 5.74) is 5.07. The van der Waals surface area contributed by atoms with E-state index in [1.165, 1.54) is 11.1 Å². The Hall–Kier alpha value is -2.66. The van der Waals surface area contributed by atoms with Crippen LogP contribution in [-0.4, -0.2) is 9.49 Å². The summed E-state index contributed by atoms with van der Waals surface area (Å²) in [6, 6.07) is 18.0. The fourth-order valence-electron chi connectivity index (χ4n) is 4.05. The third-order valence-corrected chi connectivity index (χ3v) is 6.37. The maximum absolute atomic E-state index is 11.8. The van der Waals surface area contributed by atoms with Gasteiger partial charge in [-0.05, 0) is 58.4 Å². The van der Waals surface area contributed by atoms with Crippen LogP contribution in [0.1, 0.15) is 52.7 Å². The van der Waals surface area contributed by atoms with Gasteiger partial charge in [-0.15, -0.1) is 0 Å². The van der Waals surface area contributed by atoms with Crippen molar-refractivity contribution in [2.75, 3.05) is 0 Å². The van der Waals surface area contributed by atoms with E-state index in [0.717, 1.165) is 26.3 Å². The molecular formula is C26H27BrN2O2. The van der Waals surface area contributed by atoms with Gasteiger partial charge in [-0.3, -0.25) is 10.1 Å². The SMILES string of the molecule is CC(C)(C)c1ccc2c(c1)c1cc(C(C)(C)C)ccc1n2-c1cc(Br)ccc1[N+](=O)[O-]. The van der Waals surface area contributed by atoms with Gasteiger partial charge in [0, 0.05) is 21.3 Å². The van der Waals surface area contributed by atoms with Crippen molar-refractivity contribution in [3.05, 3.63) is 80.3 Å². The van der Waals surface area contributed by atoms with Crippen molar-refractivity contribution in [2.24, 2.45) is 0 Å². The maximum atomic E-state index is 11.8. The van der Waals surface area contributed by atoms with Crippen LogP contribution in [0.4, 0.5) is 5.69 Å². The first kappa shape index (κ1) is 21.6. The molecule has 0 aliphatic heterocycles. The van der Waals surface area contributed by atoms with Crippen LogP contribution >= 0.6 is 15.9 Å². The lowest BCUT2D eigenvalue weighted by molar-refractivity contribution is -0.384. The minimum absolute atomic E-state index is 0.00597. The Kier molecular flexibility index (Phi) is 5.01. The average molecular weight is 479 g/mol. The third kappa shape index (κ3) is 3.76. The van der Waals surface area contributed by atoms with Gasteiger partial charge in [0.1, 0.15) is 5.69 Å². The number of hydrogen-bond donors (Lipinski definition) is 0.